The lowest BCUT2D eigenvalue weighted by atomic mass is 9.99. The van der Waals surface area contributed by atoms with Gasteiger partial charge < -0.3 is 44.5 Å². The molecular weight excluding hydrogens is 310 g/mol. The second-order valence-corrected chi connectivity index (χ2v) is 5.57. The first-order valence-corrected chi connectivity index (χ1v) is 6.89. The van der Waals surface area contributed by atoms with Gasteiger partial charge in [-0.15, -0.1) is 0 Å². The molecule has 3 fully saturated rings. The molecule has 0 aliphatic carbocycles. The van der Waals surface area contributed by atoms with E-state index in [1.54, 1.807) is 0 Å². The number of hydrogen-bond acceptors (Lipinski definition) is 9. The maximum atomic E-state index is 11.0. The van der Waals surface area contributed by atoms with Crippen molar-refractivity contribution in [1.29, 1.82) is 0 Å². The number of carboxylic acids is 1. The van der Waals surface area contributed by atoms with Crippen LogP contribution < -0.4 is 0 Å². The highest BCUT2D eigenvalue weighted by molar-refractivity contribution is 5.73. The molecule has 0 unspecified atom stereocenters. The molecule has 10 nitrogen and oxygen atoms in total. The van der Waals surface area contributed by atoms with Gasteiger partial charge in [0.15, 0.2) is 12.4 Å². The number of carboxylic acid groups (broad SMARTS) is 1. The van der Waals surface area contributed by atoms with E-state index in [1.165, 1.54) is 0 Å². The van der Waals surface area contributed by atoms with Crippen LogP contribution in [0.3, 0.4) is 0 Å². The molecule has 0 radical (unpaired) electrons. The number of aliphatic carboxylic acids is 1. The smallest absolute Gasteiger partial charge is 0.335 e. The van der Waals surface area contributed by atoms with E-state index in [2.05, 4.69) is 0 Å². The van der Waals surface area contributed by atoms with Gasteiger partial charge in [0.05, 0.1) is 13.2 Å². The minimum atomic E-state index is -1.77. The highest BCUT2D eigenvalue weighted by atomic mass is 16.9. The van der Waals surface area contributed by atoms with Crippen LogP contribution in [0, 0.1) is 0 Å². The van der Waals surface area contributed by atoms with Gasteiger partial charge in [-0.05, 0) is 0 Å². The summed E-state index contributed by atoms with van der Waals surface area (Å²) in [5.74, 6) is -1.49. The van der Waals surface area contributed by atoms with Crippen molar-refractivity contribution in [3.05, 3.63) is 0 Å². The van der Waals surface area contributed by atoms with Crippen molar-refractivity contribution in [3.63, 3.8) is 0 Å². The molecule has 9 atom stereocenters. The van der Waals surface area contributed by atoms with Crippen LogP contribution in [0.4, 0.5) is 0 Å². The summed E-state index contributed by atoms with van der Waals surface area (Å²) in [6.07, 6.45) is -10.9. The van der Waals surface area contributed by atoms with Crippen molar-refractivity contribution < 1.29 is 49.3 Å². The molecule has 0 bridgehead atoms. The highest BCUT2D eigenvalue weighted by Crippen LogP contribution is 2.31. The number of aliphatic hydroxyl groups excluding tert-OH is 4. The Kier molecular flexibility index (Phi) is 4.36. The second-order valence-electron chi connectivity index (χ2n) is 5.57. The summed E-state index contributed by atoms with van der Waals surface area (Å²) in [6.45, 7) is 0.151. The molecule has 0 aromatic heterocycles. The van der Waals surface area contributed by atoms with Crippen molar-refractivity contribution in [2.75, 3.05) is 13.2 Å². The maximum absolute atomic E-state index is 11.0. The van der Waals surface area contributed by atoms with Crippen molar-refractivity contribution in [1.82, 2.24) is 0 Å². The van der Waals surface area contributed by atoms with Crippen molar-refractivity contribution in [2.45, 2.75) is 55.1 Å². The monoisotopic (exact) mass is 328 g/mol. The zero-order chi connectivity index (χ0) is 16.0. The van der Waals surface area contributed by atoms with Crippen LogP contribution in [0.15, 0.2) is 0 Å². The summed E-state index contributed by atoms with van der Waals surface area (Å²) in [4.78, 5) is 11.0. The Morgan fingerprint density at radius 1 is 0.955 bits per heavy atom. The largest absolute Gasteiger partial charge is 0.479 e. The zero-order valence-electron chi connectivity index (χ0n) is 11.4. The minimum absolute atomic E-state index is 0.0648. The average molecular weight is 328 g/mol. The van der Waals surface area contributed by atoms with Crippen molar-refractivity contribution in [2.24, 2.45) is 0 Å². The van der Waals surface area contributed by atoms with E-state index in [0.29, 0.717) is 0 Å². The van der Waals surface area contributed by atoms with Crippen LogP contribution in [-0.4, -0.2) is 99.8 Å². The molecule has 0 amide bonds. The van der Waals surface area contributed by atoms with Gasteiger partial charge in [0.25, 0.3) is 0 Å². The third-order valence-corrected chi connectivity index (χ3v) is 4.10. The van der Waals surface area contributed by atoms with Gasteiger partial charge in [-0.3, -0.25) is 0 Å². The van der Waals surface area contributed by atoms with Crippen molar-refractivity contribution >= 4 is 5.97 Å². The van der Waals surface area contributed by atoms with Crippen LogP contribution in [-0.2, 0) is 23.7 Å². The quantitative estimate of drug-likeness (QED) is 0.328. The normalized spacial score (nSPS) is 51.7. The Morgan fingerprint density at radius 3 is 2.32 bits per heavy atom. The minimum Gasteiger partial charge on any atom is -0.479 e. The molecule has 0 spiro atoms. The SMILES string of the molecule is O=C(O)[C@H]1O[C@@H](O[13C@@H]2[13CH2]O[13C@H]3[13C@@H]2O[13CH2][13C@@H]3O)[C@H](O)[C@@H](O)[C@@H]1O. The molecule has 0 aromatic rings. The predicted octanol–water partition coefficient (Wildman–Crippen LogP) is -3.58. The molecule has 10 heteroatoms. The van der Waals surface area contributed by atoms with Crippen LogP contribution in [0.25, 0.3) is 0 Å². The Labute approximate surface area is 124 Å². The van der Waals surface area contributed by atoms with Crippen LogP contribution in [0.5, 0.6) is 0 Å². The molecule has 3 aliphatic rings. The predicted molar refractivity (Wildman–Crippen MR) is 64.7 cm³/mol. The van der Waals surface area contributed by atoms with E-state index in [-0.39, 0.29) is 13.2 Å². The Morgan fingerprint density at radius 2 is 1.64 bits per heavy atom. The second kappa shape index (κ2) is 5.98. The summed E-state index contributed by atoms with van der Waals surface area (Å²) >= 11 is 0. The molecule has 3 saturated heterocycles. The van der Waals surface area contributed by atoms with Crippen LogP contribution >= 0.6 is 0 Å². The molecule has 126 valence electrons. The molecule has 3 heterocycles. The van der Waals surface area contributed by atoms with Gasteiger partial charge in [-0.2, -0.15) is 0 Å². The lowest BCUT2D eigenvalue weighted by Gasteiger charge is -2.39. The topological polar surface area (TPSA) is 155 Å². The standard InChI is InChI=1S/C12H18O10/c13-3-1-19-9-4(2-20-8(3)9)21-12-7(16)5(14)6(15)10(22-12)11(17)18/h3-10,12-16H,1-2H2,(H,17,18)/t3-,4+,5-,6-,7+,8+,9+,10-,12+/m0/s1/i1+1,2+1,3+1,4+1,8+1,9+1. The van der Waals surface area contributed by atoms with E-state index in [0.717, 1.165) is 0 Å². The first kappa shape index (κ1) is 16.0. The molecule has 3 aliphatic heterocycles. The Hall–Kier alpha value is -0.850. The zero-order valence-corrected chi connectivity index (χ0v) is 11.4. The molecule has 5 N–H and O–H groups in total. The summed E-state index contributed by atoms with van der Waals surface area (Å²) in [6, 6.07) is 0. The van der Waals surface area contributed by atoms with Gasteiger partial charge in [-0.1, -0.05) is 0 Å². The molecule has 0 saturated carbocycles. The number of rotatable bonds is 3. The van der Waals surface area contributed by atoms with Gasteiger partial charge in [-0.25, -0.2) is 4.79 Å². The van der Waals surface area contributed by atoms with E-state index >= 15 is 0 Å². The average Bonchev–Trinajstić information content (AvgIpc) is 3.03. The van der Waals surface area contributed by atoms with E-state index < -0.39 is 61.1 Å². The summed E-state index contributed by atoms with van der Waals surface area (Å²) in [5, 5.41) is 47.8. The van der Waals surface area contributed by atoms with Gasteiger partial charge >= 0.3 is 5.97 Å². The third-order valence-electron chi connectivity index (χ3n) is 4.10. The van der Waals surface area contributed by atoms with Gasteiger partial charge in [0, 0.05) is 0 Å². The van der Waals surface area contributed by atoms with Gasteiger partial charge in [0.2, 0.25) is 0 Å². The molecule has 0 aromatic carbocycles. The first-order chi connectivity index (χ1) is 10.4. The number of aliphatic hydroxyl groups is 4. The molecule has 22 heavy (non-hydrogen) atoms. The number of hydrogen-bond donors (Lipinski definition) is 5. The fourth-order valence-electron chi connectivity index (χ4n) is 2.90. The van der Waals surface area contributed by atoms with Gasteiger partial charge in [0.1, 0.15) is 42.7 Å². The first-order valence-electron chi connectivity index (χ1n) is 6.89. The summed E-state index contributed by atoms with van der Waals surface area (Å²) in [5.41, 5.74) is 0. The van der Waals surface area contributed by atoms with E-state index in [1.807, 2.05) is 0 Å². The van der Waals surface area contributed by atoms with Crippen LogP contribution in [0.1, 0.15) is 0 Å². The lowest BCUT2D eigenvalue weighted by molar-refractivity contribution is -0.308. The Bertz CT molecular complexity index is 430. The van der Waals surface area contributed by atoms with Crippen molar-refractivity contribution in [3.8, 4) is 0 Å². The fourth-order valence-corrected chi connectivity index (χ4v) is 2.90. The summed E-state index contributed by atoms with van der Waals surface area (Å²) < 4.78 is 21.2. The highest BCUT2D eigenvalue weighted by Gasteiger charge is 2.52. The number of ether oxygens (including phenoxy) is 4. The van der Waals surface area contributed by atoms with E-state index in [9.17, 15) is 25.2 Å². The fraction of sp³-hybridized carbons (Fsp3) is 0.917. The Balaban J connectivity index is 1.67. The maximum Gasteiger partial charge on any atom is 0.335 e. The number of carbonyl (C=O) groups is 1. The summed E-state index contributed by atoms with van der Waals surface area (Å²) in [7, 11) is 0. The number of fused-ring (bicyclic) bond motifs is 1. The van der Waals surface area contributed by atoms with Crippen LogP contribution in [0.2, 0.25) is 0 Å². The van der Waals surface area contributed by atoms with E-state index in [4.69, 9.17) is 24.1 Å². The third kappa shape index (κ3) is 2.61. The lowest BCUT2D eigenvalue weighted by Crippen LogP contribution is -2.61. The molecule has 3 rings (SSSR count). The molecular formula is C12H18O10.